The van der Waals surface area contributed by atoms with Gasteiger partial charge in [0.1, 0.15) is 10.8 Å². The van der Waals surface area contributed by atoms with Crippen LogP contribution in [0.15, 0.2) is 6.20 Å². The molecule has 0 radical (unpaired) electrons. The molecule has 0 bridgehead atoms. The molecule has 18 heavy (non-hydrogen) atoms. The lowest BCUT2D eigenvalue weighted by atomic mass is 10.4. The van der Waals surface area contributed by atoms with Crippen LogP contribution in [-0.4, -0.2) is 24.7 Å². The number of hydrogen-bond acceptors (Lipinski definition) is 6. The monoisotopic (exact) mass is 267 g/mol. The fourth-order valence-corrected chi connectivity index (χ4v) is 1.69. The maximum absolute atomic E-state index is 6.09. The first-order chi connectivity index (χ1) is 8.69. The van der Waals surface area contributed by atoms with Crippen LogP contribution in [-0.2, 0) is 12.8 Å². The Balaban J connectivity index is 2.56. The summed E-state index contributed by atoms with van der Waals surface area (Å²) in [5.74, 6) is 7.60. The Kier molecular flexibility index (Phi) is 3.73. The molecule has 0 atom stereocenters. The van der Waals surface area contributed by atoms with Crippen LogP contribution in [0.25, 0.3) is 5.82 Å². The van der Waals surface area contributed by atoms with Crippen LogP contribution in [0.5, 0.6) is 0 Å². The molecule has 0 aromatic carbocycles. The van der Waals surface area contributed by atoms with E-state index in [4.69, 9.17) is 17.4 Å². The number of aryl methyl sites for hydroxylation is 2. The third-order valence-electron chi connectivity index (χ3n) is 2.41. The quantitative estimate of drug-likeness (QED) is 0.637. The highest BCUT2D eigenvalue weighted by Gasteiger charge is 2.14. The van der Waals surface area contributed by atoms with E-state index in [1.165, 1.54) is 6.20 Å². The van der Waals surface area contributed by atoms with E-state index in [-0.39, 0.29) is 5.95 Å². The Morgan fingerprint density at radius 2 is 2.11 bits per heavy atom. The van der Waals surface area contributed by atoms with E-state index in [9.17, 15) is 0 Å². The SMILES string of the molecule is CCc1nc(CC)n(-c2nc(NN)ncc2Cl)n1. The smallest absolute Gasteiger partial charge is 0.239 e. The molecule has 0 fully saturated rings. The van der Waals surface area contributed by atoms with Gasteiger partial charge in [-0.2, -0.15) is 9.67 Å². The highest BCUT2D eigenvalue weighted by Crippen LogP contribution is 2.19. The second kappa shape index (κ2) is 5.28. The first-order valence-corrected chi connectivity index (χ1v) is 6.01. The average molecular weight is 268 g/mol. The molecular weight excluding hydrogens is 254 g/mol. The van der Waals surface area contributed by atoms with Gasteiger partial charge in [-0.3, -0.25) is 5.43 Å². The highest BCUT2D eigenvalue weighted by atomic mass is 35.5. The van der Waals surface area contributed by atoms with Crippen molar-refractivity contribution < 1.29 is 0 Å². The molecule has 2 aromatic heterocycles. The van der Waals surface area contributed by atoms with Gasteiger partial charge >= 0.3 is 0 Å². The van der Waals surface area contributed by atoms with Gasteiger partial charge in [-0.1, -0.05) is 25.4 Å². The van der Waals surface area contributed by atoms with Gasteiger partial charge in [0.2, 0.25) is 5.95 Å². The predicted molar refractivity (Wildman–Crippen MR) is 68.5 cm³/mol. The Labute approximate surface area is 109 Å². The largest absolute Gasteiger partial charge is 0.292 e. The minimum atomic E-state index is 0.282. The van der Waals surface area contributed by atoms with Gasteiger partial charge in [0.15, 0.2) is 11.6 Å². The molecule has 2 aromatic rings. The van der Waals surface area contributed by atoms with E-state index in [1.807, 2.05) is 13.8 Å². The normalized spacial score (nSPS) is 10.7. The summed E-state index contributed by atoms with van der Waals surface area (Å²) >= 11 is 6.09. The lowest BCUT2D eigenvalue weighted by Crippen LogP contribution is -2.13. The van der Waals surface area contributed by atoms with Gasteiger partial charge in [0.25, 0.3) is 0 Å². The molecule has 3 N–H and O–H groups in total. The second-order valence-electron chi connectivity index (χ2n) is 3.57. The summed E-state index contributed by atoms with van der Waals surface area (Å²) in [6.45, 7) is 3.99. The molecule has 0 aliphatic heterocycles. The molecule has 0 unspecified atom stereocenters. The van der Waals surface area contributed by atoms with E-state index >= 15 is 0 Å². The average Bonchev–Trinajstić information content (AvgIpc) is 2.82. The van der Waals surface area contributed by atoms with Crippen molar-refractivity contribution in [2.75, 3.05) is 5.43 Å². The molecule has 0 saturated heterocycles. The van der Waals surface area contributed by atoms with Crippen LogP contribution in [0.4, 0.5) is 5.95 Å². The molecule has 8 heteroatoms. The molecule has 7 nitrogen and oxygen atoms in total. The number of aromatic nitrogens is 5. The molecule has 0 amide bonds. The summed E-state index contributed by atoms with van der Waals surface area (Å²) < 4.78 is 1.63. The standard InChI is InChI=1S/C10H14ClN7/c1-3-7-14-8(4-2)18(17-7)9-6(11)5-13-10(15-9)16-12/h5H,3-4,12H2,1-2H3,(H,13,15,16). The number of nitrogens with two attached hydrogens (primary N) is 1. The van der Waals surface area contributed by atoms with Crippen molar-refractivity contribution in [1.82, 2.24) is 24.7 Å². The van der Waals surface area contributed by atoms with Gasteiger partial charge in [-0.25, -0.2) is 15.8 Å². The van der Waals surface area contributed by atoms with E-state index in [0.717, 1.165) is 24.5 Å². The van der Waals surface area contributed by atoms with E-state index in [2.05, 4.69) is 25.5 Å². The van der Waals surface area contributed by atoms with E-state index in [1.54, 1.807) is 4.68 Å². The molecule has 2 rings (SSSR count). The third kappa shape index (κ3) is 2.27. The Hall–Kier alpha value is -1.73. The number of hydrogen-bond donors (Lipinski definition) is 2. The molecule has 96 valence electrons. The highest BCUT2D eigenvalue weighted by molar-refractivity contribution is 6.32. The summed E-state index contributed by atoms with van der Waals surface area (Å²) in [5, 5.41) is 4.77. The minimum absolute atomic E-state index is 0.282. The van der Waals surface area contributed by atoms with Gasteiger partial charge in [0, 0.05) is 12.8 Å². The maximum Gasteiger partial charge on any atom is 0.239 e. The first-order valence-electron chi connectivity index (χ1n) is 5.63. The van der Waals surface area contributed by atoms with Crippen LogP contribution in [0.1, 0.15) is 25.5 Å². The number of nitrogen functional groups attached to an aromatic ring is 1. The fraction of sp³-hybridized carbons (Fsp3) is 0.400. The number of nitrogens with zero attached hydrogens (tertiary/aromatic N) is 5. The van der Waals surface area contributed by atoms with Crippen molar-refractivity contribution in [3.8, 4) is 5.82 Å². The molecule has 0 spiro atoms. The predicted octanol–water partition coefficient (Wildman–Crippen LogP) is 1.12. The van der Waals surface area contributed by atoms with E-state index < -0.39 is 0 Å². The van der Waals surface area contributed by atoms with Gasteiger partial charge in [0.05, 0.1) is 6.20 Å². The van der Waals surface area contributed by atoms with Gasteiger partial charge in [-0.05, 0) is 0 Å². The summed E-state index contributed by atoms with van der Waals surface area (Å²) in [6.07, 6.45) is 2.97. The van der Waals surface area contributed by atoms with Crippen LogP contribution in [0, 0.1) is 0 Å². The van der Waals surface area contributed by atoms with Crippen LogP contribution in [0.2, 0.25) is 5.02 Å². The summed E-state index contributed by atoms with van der Waals surface area (Å²) in [7, 11) is 0. The minimum Gasteiger partial charge on any atom is -0.292 e. The van der Waals surface area contributed by atoms with Crippen molar-refractivity contribution in [2.45, 2.75) is 26.7 Å². The molecule has 2 heterocycles. The molecule has 0 aliphatic rings. The zero-order valence-electron chi connectivity index (χ0n) is 10.2. The second-order valence-corrected chi connectivity index (χ2v) is 3.98. The van der Waals surface area contributed by atoms with Crippen molar-refractivity contribution in [3.05, 3.63) is 22.9 Å². The van der Waals surface area contributed by atoms with Crippen LogP contribution < -0.4 is 11.3 Å². The third-order valence-corrected chi connectivity index (χ3v) is 2.67. The number of rotatable bonds is 4. The molecule has 0 saturated carbocycles. The van der Waals surface area contributed by atoms with Crippen molar-refractivity contribution in [3.63, 3.8) is 0 Å². The Bertz CT molecular complexity index is 551. The van der Waals surface area contributed by atoms with E-state index in [0.29, 0.717) is 10.8 Å². The number of hydrazine groups is 1. The summed E-state index contributed by atoms with van der Waals surface area (Å²) in [4.78, 5) is 12.5. The zero-order valence-corrected chi connectivity index (χ0v) is 10.9. The van der Waals surface area contributed by atoms with Gasteiger partial charge < -0.3 is 0 Å². The lowest BCUT2D eigenvalue weighted by molar-refractivity contribution is 0.766. The number of nitrogens with one attached hydrogen (secondary N) is 1. The van der Waals surface area contributed by atoms with Crippen molar-refractivity contribution in [2.24, 2.45) is 5.84 Å². The lowest BCUT2D eigenvalue weighted by Gasteiger charge is -2.06. The Morgan fingerprint density at radius 1 is 1.33 bits per heavy atom. The first kappa shape index (κ1) is 12.7. The summed E-state index contributed by atoms with van der Waals surface area (Å²) in [5.41, 5.74) is 2.38. The van der Waals surface area contributed by atoms with Crippen LogP contribution in [0.3, 0.4) is 0 Å². The molecular formula is C10H14ClN7. The van der Waals surface area contributed by atoms with Crippen molar-refractivity contribution >= 4 is 17.5 Å². The van der Waals surface area contributed by atoms with Gasteiger partial charge in [-0.15, -0.1) is 5.10 Å². The number of anilines is 1. The topological polar surface area (TPSA) is 94.5 Å². The van der Waals surface area contributed by atoms with Crippen LogP contribution >= 0.6 is 11.6 Å². The van der Waals surface area contributed by atoms with Crippen molar-refractivity contribution in [1.29, 1.82) is 0 Å². The maximum atomic E-state index is 6.09. The molecule has 0 aliphatic carbocycles. The zero-order chi connectivity index (χ0) is 13.1. The Morgan fingerprint density at radius 3 is 2.72 bits per heavy atom. The number of halogens is 1. The summed E-state index contributed by atoms with van der Waals surface area (Å²) in [6, 6.07) is 0. The fourth-order valence-electron chi connectivity index (χ4n) is 1.52.